The number of aliphatic imine (C=N–C) groups is 1. The minimum atomic E-state index is 0. The maximum absolute atomic E-state index is 5.72. The van der Waals surface area contributed by atoms with E-state index in [1.807, 2.05) is 37.4 Å². The first-order chi connectivity index (χ1) is 11.2. The Morgan fingerprint density at radius 1 is 1.33 bits per heavy atom. The summed E-state index contributed by atoms with van der Waals surface area (Å²) in [7, 11) is 5.50. The number of ether oxygens (including phenoxy) is 2. The number of benzene rings is 1. The molecule has 0 aliphatic carbocycles. The Labute approximate surface area is 163 Å². The molecule has 136 valence electrons. The molecule has 0 aromatic heterocycles. The van der Waals surface area contributed by atoms with E-state index in [2.05, 4.69) is 21.8 Å². The van der Waals surface area contributed by atoms with Gasteiger partial charge in [0.05, 0.1) is 13.7 Å². The van der Waals surface area contributed by atoms with Crippen LogP contribution in [-0.2, 0) is 0 Å². The number of nitrogens with one attached hydrogen (secondary N) is 1. The van der Waals surface area contributed by atoms with Gasteiger partial charge in [-0.05, 0) is 31.4 Å². The third-order valence-corrected chi connectivity index (χ3v) is 3.39. The molecule has 0 saturated heterocycles. The molecule has 0 fully saturated rings. The lowest BCUT2D eigenvalue weighted by Gasteiger charge is -2.21. The number of hydrogen-bond acceptors (Lipinski definition) is 3. The summed E-state index contributed by atoms with van der Waals surface area (Å²) in [5.41, 5.74) is 0. The number of allylic oxidation sites excluding steroid dienone is 1. The van der Waals surface area contributed by atoms with Gasteiger partial charge in [0.25, 0.3) is 0 Å². The fraction of sp³-hybridized carbons (Fsp3) is 0.500. The molecule has 1 aromatic carbocycles. The van der Waals surface area contributed by atoms with Crippen molar-refractivity contribution >= 4 is 29.9 Å². The van der Waals surface area contributed by atoms with E-state index < -0.39 is 0 Å². The van der Waals surface area contributed by atoms with Crippen LogP contribution in [0.25, 0.3) is 0 Å². The highest BCUT2D eigenvalue weighted by atomic mass is 127. The van der Waals surface area contributed by atoms with Crippen LogP contribution >= 0.6 is 24.0 Å². The molecule has 24 heavy (non-hydrogen) atoms. The molecular weight excluding hydrogens is 417 g/mol. The summed E-state index contributed by atoms with van der Waals surface area (Å²) in [6.45, 7) is 6.18. The largest absolute Gasteiger partial charge is 0.497 e. The van der Waals surface area contributed by atoms with Crippen molar-refractivity contribution in [2.75, 3.05) is 40.9 Å². The molecule has 1 aromatic rings. The molecule has 0 saturated carbocycles. The van der Waals surface area contributed by atoms with Crippen molar-refractivity contribution in [3.05, 3.63) is 36.9 Å². The molecule has 6 heteroatoms. The Balaban J connectivity index is 0.00000529. The van der Waals surface area contributed by atoms with E-state index in [0.29, 0.717) is 6.61 Å². The molecule has 0 spiro atoms. The number of halogens is 1. The van der Waals surface area contributed by atoms with Crippen molar-refractivity contribution in [1.29, 1.82) is 0 Å². The Morgan fingerprint density at radius 2 is 2.08 bits per heavy atom. The van der Waals surface area contributed by atoms with Crippen LogP contribution in [0.4, 0.5) is 0 Å². The topological polar surface area (TPSA) is 46.1 Å². The van der Waals surface area contributed by atoms with Gasteiger partial charge in [0.15, 0.2) is 5.96 Å². The van der Waals surface area contributed by atoms with Crippen LogP contribution in [-0.4, -0.2) is 51.8 Å². The number of rotatable bonds is 10. The van der Waals surface area contributed by atoms with Gasteiger partial charge in [-0.1, -0.05) is 12.1 Å². The summed E-state index contributed by atoms with van der Waals surface area (Å²) in [5, 5.41) is 3.35. The minimum Gasteiger partial charge on any atom is -0.497 e. The first-order valence-electron chi connectivity index (χ1n) is 8.00. The number of nitrogens with zero attached hydrogens (tertiary/aromatic N) is 2. The zero-order chi connectivity index (χ0) is 16.9. The van der Waals surface area contributed by atoms with E-state index in [0.717, 1.165) is 49.8 Å². The van der Waals surface area contributed by atoms with Crippen molar-refractivity contribution < 1.29 is 9.47 Å². The van der Waals surface area contributed by atoms with Crippen molar-refractivity contribution in [1.82, 2.24) is 10.2 Å². The number of unbranched alkanes of at least 4 members (excludes halogenated alkanes) is 1. The monoisotopic (exact) mass is 447 g/mol. The van der Waals surface area contributed by atoms with Gasteiger partial charge in [-0.2, -0.15) is 0 Å². The highest BCUT2D eigenvalue weighted by Crippen LogP contribution is 2.18. The second-order valence-electron chi connectivity index (χ2n) is 5.21. The molecule has 1 rings (SSSR count). The lowest BCUT2D eigenvalue weighted by Crippen LogP contribution is -2.40. The van der Waals surface area contributed by atoms with E-state index in [-0.39, 0.29) is 24.0 Å². The Bertz CT molecular complexity index is 495. The molecule has 0 unspecified atom stereocenters. The Hall–Kier alpha value is -1.44. The summed E-state index contributed by atoms with van der Waals surface area (Å²) in [4.78, 5) is 6.42. The summed E-state index contributed by atoms with van der Waals surface area (Å²) >= 11 is 0. The molecule has 0 radical (unpaired) electrons. The second-order valence-corrected chi connectivity index (χ2v) is 5.21. The standard InChI is InChI=1S/C18H29N3O2.HI/c1-5-6-7-13-21(3)18(19-2)20-12-9-14-23-17-11-8-10-16(15-17)22-4;/h5,8,10-11,15H,1,6-7,9,12-14H2,2-4H3,(H,19,20);1H. The van der Waals surface area contributed by atoms with Gasteiger partial charge >= 0.3 is 0 Å². The van der Waals surface area contributed by atoms with Crippen molar-refractivity contribution in [2.45, 2.75) is 19.3 Å². The van der Waals surface area contributed by atoms with Crippen LogP contribution in [0.15, 0.2) is 41.9 Å². The molecule has 1 N–H and O–H groups in total. The third kappa shape index (κ3) is 9.00. The zero-order valence-corrected chi connectivity index (χ0v) is 17.3. The van der Waals surface area contributed by atoms with E-state index in [9.17, 15) is 0 Å². The van der Waals surface area contributed by atoms with Crippen LogP contribution in [0.1, 0.15) is 19.3 Å². The predicted octanol–water partition coefficient (Wildman–Crippen LogP) is 3.56. The molecule has 5 nitrogen and oxygen atoms in total. The van der Waals surface area contributed by atoms with Gasteiger partial charge < -0.3 is 19.7 Å². The highest BCUT2D eigenvalue weighted by molar-refractivity contribution is 14.0. The lowest BCUT2D eigenvalue weighted by atomic mass is 10.3. The summed E-state index contributed by atoms with van der Waals surface area (Å²) in [6, 6.07) is 7.65. The number of hydrogen-bond donors (Lipinski definition) is 1. The fourth-order valence-corrected chi connectivity index (χ4v) is 2.12. The van der Waals surface area contributed by atoms with Crippen LogP contribution in [0.3, 0.4) is 0 Å². The normalized spacial score (nSPS) is 10.5. The Morgan fingerprint density at radius 3 is 2.75 bits per heavy atom. The maximum atomic E-state index is 5.72. The average Bonchev–Trinajstić information content (AvgIpc) is 2.58. The lowest BCUT2D eigenvalue weighted by molar-refractivity contribution is 0.308. The average molecular weight is 447 g/mol. The van der Waals surface area contributed by atoms with E-state index in [1.165, 1.54) is 0 Å². The van der Waals surface area contributed by atoms with E-state index >= 15 is 0 Å². The van der Waals surface area contributed by atoms with Gasteiger partial charge in [-0.25, -0.2) is 0 Å². The quantitative estimate of drug-likeness (QED) is 0.196. The molecule has 0 atom stereocenters. The number of methoxy groups -OCH3 is 1. The smallest absolute Gasteiger partial charge is 0.193 e. The fourth-order valence-electron chi connectivity index (χ4n) is 2.12. The molecule has 0 aliphatic heterocycles. The zero-order valence-electron chi connectivity index (χ0n) is 15.0. The van der Waals surface area contributed by atoms with Crippen LogP contribution < -0.4 is 14.8 Å². The van der Waals surface area contributed by atoms with Crippen LogP contribution in [0.2, 0.25) is 0 Å². The number of guanidine groups is 1. The third-order valence-electron chi connectivity index (χ3n) is 3.39. The summed E-state index contributed by atoms with van der Waals surface area (Å²) < 4.78 is 10.9. The van der Waals surface area contributed by atoms with Gasteiger partial charge in [-0.3, -0.25) is 4.99 Å². The van der Waals surface area contributed by atoms with Crippen molar-refractivity contribution in [3.63, 3.8) is 0 Å². The summed E-state index contributed by atoms with van der Waals surface area (Å²) in [6.07, 6.45) is 4.95. The van der Waals surface area contributed by atoms with Crippen molar-refractivity contribution in [3.8, 4) is 11.5 Å². The predicted molar refractivity (Wildman–Crippen MR) is 112 cm³/mol. The highest BCUT2D eigenvalue weighted by Gasteiger charge is 2.04. The molecule has 0 amide bonds. The molecule has 0 heterocycles. The van der Waals surface area contributed by atoms with Crippen molar-refractivity contribution in [2.24, 2.45) is 4.99 Å². The Kier molecular flexibility index (Phi) is 13.1. The SMILES string of the molecule is C=CCCCN(C)C(=NC)NCCCOc1cccc(OC)c1.I. The van der Waals surface area contributed by atoms with Gasteiger partial charge in [-0.15, -0.1) is 30.6 Å². The summed E-state index contributed by atoms with van der Waals surface area (Å²) in [5.74, 6) is 2.55. The molecular formula is C18H30IN3O2. The first-order valence-corrected chi connectivity index (χ1v) is 8.00. The van der Waals surface area contributed by atoms with E-state index in [4.69, 9.17) is 9.47 Å². The molecule has 0 bridgehead atoms. The first kappa shape index (κ1) is 22.6. The van der Waals surface area contributed by atoms with Gasteiger partial charge in [0, 0.05) is 33.3 Å². The van der Waals surface area contributed by atoms with E-state index in [1.54, 1.807) is 14.2 Å². The molecule has 0 aliphatic rings. The minimum absolute atomic E-state index is 0. The second kappa shape index (κ2) is 13.9. The van der Waals surface area contributed by atoms with Gasteiger partial charge in [0.2, 0.25) is 0 Å². The van der Waals surface area contributed by atoms with Crippen LogP contribution in [0.5, 0.6) is 11.5 Å². The van der Waals surface area contributed by atoms with Crippen LogP contribution in [0, 0.1) is 0 Å². The van der Waals surface area contributed by atoms with Gasteiger partial charge in [0.1, 0.15) is 11.5 Å². The maximum Gasteiger partial charge on any atom is 0.193 e.